The van der Waals surface area contributed by atoms with Crippen LogP contribution in [0.2, 0.25) is 0 Å². The Hall–Kier alpha value is -4.58. The van der Waals surface area contributed by atoms with Crippen molar-refractivity contribution in [1.29, 1.82) is 0 Å². The van der Waals surface area contributed by atoms with Gasteiger partial charge in [0.05, 0.1) is 23.2 Å². The number of amides is 1. The number of Topliss-reactive ketones (excluding diaryl/α,β-unsaturated/α-hetero) is 1. The number of benzene rings is 3. The Kier molecular flexibility index (Phi) is 5.01. The van der Waals surface area contributed by atoms with Crippen LogP contribution in [0, 0.1) is 0 Å². The van der Waals surface area contributed by atoms with Crippen LogP contribution >= 0.6 is 0 Å². The number of furan rings is 1. The fourth-order valence-electron chi connectivity index (χ4n) is 3.39. The summed E-state index contributed by atoms with van der Waals surface area (Å²) in [5.41, 5.74) is 1.73. The highest BCUT2D eigenvalue weighted by molar-refractivity contribution is 6.14. The molecule has 4 aromatic rings. The predicted molar refractivity (Wildman–Crippen MR) is 119 cm³/mol. The third kappa shape index (κ3) is 3.77. The maximum atomic E-state index is 13.1. The fourth-order valence-corrected chi connectivity index (χ4v) is 3.39. The van der Waals surface area contributed by atoms with Gasteiger partial charge >= 0.3 is 6.09 Å². The molecule has 32 heavy (non-hydrogen) atoms. The molecule has 0 N–H and O–H groups in total. The molecule has 0 spiro atoms. The maximum absolute atomic E-state index is 13.1. The van der Waals surface area contributed by atoms with E-state index < -0.39 is 6.09 Å². The van der Waals surface area contributed by atoms with Crippen molar-refractivity contribution < 1.29 is 23.5 Å². The average Bonchev–Trinajstić information content (AvgIpc) is 3.43. The van der Waals surface area contributed by atoms with E-state index in [1.54, 1.807) is 24.3 Å². The zero-order valence-corrected chi connectivity index (χ0v) is 16.8. The number of ketones is 1. The van der Waals surface area contributed by atoms with E-state index >= 15 is 0 Å². The first-order valence-electron chi connectivity index (χ1n) is 9.93. The van der Waals surface area contributed by atoms with Crippen molar-refractivity contribution in [3.05, 3.63) is 114 Å². The molecule has 0 saturated carbocycles. The smallest absolute Gasteiger partial charge is 0.424 e. The van der Waals surface area contributed by atoms with Gasteiger partial charge in [-0.15, -0.1) is 0 Å². The first-order valence-corrected chi connectivity index (χ1v) is 9.93. The van der Waals surface area contributed by atoms with Crippen molar-refractivity contribution in [2.45, 2.75) is 0 Å². The zero-order valence-electron chi connectivity index (χ0n) is 16.8. The summed E-state index contributed by atoms with van der Waals surface area (Å²) >= 11 is 0. The minimum absolute atomic E-state index is 0.147. The molecule has 2 heterocycles. The second-order valence-corrected chi connectivity index (χ2v) is 6.99. The predicted octanol–water partition coefficient (Wildman–Crippen LogP) is 6.23. The Bertz CT molecular complexity index is 1260. The zero-order chi connectivity index (χ0) is 21.9. The summed E-state index contributed by atoms with van der Waals surface area (Å²) in [7, 11) is 0. The lowest BCUT2D eigenvalue weighted by Gasteiger charge is -2.22. The highest BCUT2D eigenvalue weighted by atomic mass is 16.6. The van der Waals surface area contributed by atoms with Gasteiger partial charge in [-0.3, -0.25) is 4.79 Å². The molecule has 0 fully saturated rings. The van der Waals surface area contributed by atoms with E-state index in [0.717, 1.165) is 0 Å². The molecule has 1 amide bonds. The Labute approximate surface area is 183 Å². The number of rotatable bonds is 4. The summed E-state index contributed by atoms with van der Waals surface area (Å²) < 4.78 is 16.6. The van der Waals surface area contributed by atoms with Gasteiger partial charge in [-0.2, -0.15) is 0 Å². The van der Waals surface area contributed by atoms with E-state index in [2.05, 4.69) is 0 Å². The van der Waals surface area contributed by atoms with Gasteiger partial charge in [-0.05, 0) is 48.5 Å². The number of hydrogen-bond acceptors (Lipinski definition) is 5. The standard InChI is InChI=1S/C26H17NO5/c28-25-22-14-13-21(17-23(22)32-24(25)16-20-12-7-15-30-20)31-26(29)27(18-8-3-1-4-9-18)19-10-5-2-6-11-19/h1-17H/b24-16-. The van der Waals surface area contributed by atoms with E-state index in [4.69, 9.17) is 13.9 Å². The lowest BCUT2D eigenvalue weighted by Crippen LogP contribution is -2.29. The Balaban J connectivity index is 1.41. The molecular weight excluding hydrogens is 406 g/mol. The Morgan fingerprint density at radius 3 is 2.16 bits per heavy atom. The highest BCUT2D eigenvalue weighted by Crippen LogP contribution is 2.35. The Morgan fingerprint density at radius 1 is 0.844 bits per heavy atom. The van der Waals surface area contributed by atoms with Crippen LogP contribution < -0.4 is 14.4 Å². The monoisotopic (exact) mass is 423 g/mol. The number of carbonyl (C=O) groups is 2. The number of fused-ring (bicyclic) bond motifs is 1. The van der Waals surface area contributed by atoms with Crippen LogP contribution in [0.15, 0.2) is 107 Å². The molecule has 0 saturated heterocycles. The van der Waals surface area contributed by atoms with Crippen molar-refractivity contribution in [3.63, 3.8) is 0 Å². The molecule has 0 aliphatic carbocycles. The summed E-state index contributed by atoms with van der Waals surface area (Å²) in [5, 5.41) is 0. The second-order valence-electron chi connectivity index (χ2n) is 6.99. The first kappa shape index (κ1) is 19.4. The van der Waals surface area contributed by atoms with Gasteiger partial charge in [-0.25, -0.2) is 9.69 Å². The summed E-state index contributed by atoms with van der Waals surface area (Å²) in [6.07, 6.45) is 2.46. The molecule has 156 valence electrons. The van der Waals surface area contributed by atoms with Crippen molar-refractivity contribution in [2.24, 2.45) is 0 Å². The molecule has 5 rings (SSSR count). The normalized spacial score (nSPS) is 13.5. The minimum Gasteiger partial charge on any atom is -0.465 e. The van der Waals surface area contributed by atoms with Crippen LogP contribution in [-0.4, -0.2) is 11.9 Å². The number of anilines is 2. The van der Waals surface area contributed by atoms with Crippen molar-refractivity contribution >= 4 is 29.3 Å². The van der Waals surface area contributed by atoms with E-state index in [0.29, 0.717) is 28.4 Å². The summed E-state index contributed by atoms with van der Waals surface area (Å²) in [6, 6.07) is 26.6. The van der Waals surface area contributed by atoms with Crippen molar-refractivity contribution in [1.82, 2.24) is 0 Å². The maximum Gasteiger partial charge on any atom is 0.424 e. The number of nitrogens with zero attached hydrogens (tertiary/aromatic N) is 1. The third-order valence-corrected chi connectivity index (χ3v) is 4.87. The number of para-hydroxylation sites is 2. The van der Waals surface area contributed by atoms with Crippen molar-refractivity contribution in [3.8, 4) is 11.5 Å². The molecule has 0 radical (unpaired) electrons. The van der Waals surface area contributed by atoms with E-state index in [1.807, 2.05) is 60.7 Å². The molecule has 1 aromatic heterocycles. The average molecular weight is 423 g/mol. The van der Waals surface area contributed by atoms with E-state index in [9.17, 15) is 9.59 Å². The molecule has 6 heteroatoms. The van der Waals surface area contributed by atoms with Crippen LogP contribution in [0.3, 0.4) is 0 Å². The van der Waals surface area contributed by atoms with Crippen LogP contribution in [0.4, 0.5) is 16.2 Å². The van der Waals surface area contributed by atoms with Crippen LogP contribution in [-0.2, 0) is 0 Å². The molecular formula is C26H17NO5. The van der Waals surface area contributed by atoms with Gasteiger partial charge in [0.1, 0.15) is 17.3 Å². The number of carbonyl (C=O) groups excluding carboxylic acids is 2. The molecule has 0 bridgehead atoms. The van der Waals surface area contributed by atoms with Gasteiger partial charge in [0.2, 0.25) is 5.78 Å². The second kappa shape index (κ2) is 8.28. The van der Waals surface area contributed by atoms with Crippen LogP contribution in [0.25, 0.3) is 6.08 Å². The summed E-state index contributed by atoms with van der Waals surface area (Å²) in [5.74, 6) is 0.981. The van der Waals surface area contributed by atoms with Gasteiger partial charge in [0.15, 0.2) is 5.76 Å². The Morgan fingerprint density at radius 2 is 1.53 bits per heavy atom. The van der Waals surface area contributed by atoms with Crippen LogP contribution in [0.1, 0.15) is 16.1 Å². The largest absolute Gasteiger partial charge is 0.465 e. The lowest BCUT2D eigenvalue weighted by molar-refractivity contribution is 0.101. The number of hydrogen-bond donors (Lipinski definition) is 0. The quantitative estimate of drug-likeness (QED) is 0.364. The minimum atomic E-state index is -0.585. The first-order chi connectivity index (χ1) is 15.7. The summed E-state index contributed by atoms with van der Waals surface area (Å²) in [6.45, 7) is 0. The van der Waals surface area contributed by atoms with Gasteiger partial charge in [0.25, 0.3) is 0 Å². The van der Waals surface area contributed by atoms with Crippen molar-refractivity contribution in [2.75, 3.05) is 4.90 Å². The fraction of sp³-hybridized carbons (Fsp3) is 0. The molecule has 6 nitrogen and oxygen atoms in total. The molecule has 0 unspecified atom stereocenters. The SMILES string of the molecule is O=C1/C(=C/c2ccco2)Oc2cc(OC(=O)N(c3ccccc3)c3ccccc3)ccc21. The van der Waals surface area contributed by atoms with Gasteiger partial charge in [-0.1, -0.05) is 36.4 Å². The highest BCUT2D eigenvalue weighted by Gasteiger charge is 2.29. The molecule has 1 aliphatic rings. The molecule has 3 aromatic carbocycles. The number of allylic oxidation sites excluding steroid dienone is 1. The number of ether oxygens (including phenoxy) is 2. The third-order valence-electron chi connectivity index (χ3n) is 4.87. The van der Waals surface area contributed by atoms with Gasteiger partial charge < -0.3 is 13.9 Å². The lowest BCUT2D eigenvalue weighted by atomic mass is 10.1. The molecule has 1 aliphatic heterocycles. The van der Waals surface area contributed by atoms with E-state index in [1.165, 1.54) is 23.3 Å². The summed E-state index contributed by atoms with van der Waals surface area (Å²) in [4.78, 5) is 27.2. The molecule has 0 atom stereocenters. The van der Waals surface area contributed by atoms with Gasteiger partial charge in [0, 0.05) is 12.1 Å². The topological polar surface area (TPSA) is 69.0 Å². The van der Waals surface area contributed by atoms with Crippen LogP contribution in [0.5, 0.6) is 11.5 Å². The van der Waals surface area contributed by atoms with E-state index in [-0.39, 0.29) is 17.3 Å².